The number of halogens is 1. The van der Waals surface area contributed by atoms with Crippen LogP contribution in [0.5, 0.6) is 0 Å². The predicted octanol–water partition coefficient (Wildman–Crippen LogP) is 3.50. The predicted molar refractivity (Wildman–Crippen MR) is 106 cm³/mol. The molecule has 0 saturated heterocycles. The van der Waals surface area contributed by atoms with Crippen LogP contribution in [0.3, 0.4) is 0 Å². The van der Waals surface area contributed by atoms with E-state index in [4.69, 9.17) is 9.36 Å². The van der Waals surface area contributed by atoms with Crippen molar-refractivity contribution in [1.29, 1.82) is 0 Å². The molecule has 3 aromatic rings. The number of carbonyl (C=O) groups is 1. The molecular formula is C20H17BrN4O3. The summed E-state index contributed by atoms with van der Waals surface area (Å²) in [4.78, 5) is 22.0. The molecule has 28 heavy (non-hydrogen) atoms. The summed E-state index contributed by atoms with van der Waals surface area (Å²) in [6, 6.07) is 17.4. The van der Waals surface area contributed by atoms with Crippen LogP contribution in [-0.2, 0) is 22.6 Å². The minimum absolute atomic E-state index is 0.230. The number of nitrogens with zero attached hydrogens (tertiary/aromatic N) is 3. The summed E-state index contributed by atoms with van der Waals surface area (Å²) in [5, 5.41) is 10.8. The van der Waals surface area contributed by atoms with Gasteiger partial charge in [0.25, 0.3) is 5.91 Å². The van der Waals surface area contributed by atoms with Crippen LogP contribution in [0.25, 0.3) is 11.4 Å². The van der Waals surface area contributed by atoms with Gasteiger partial charge >= 0.3 is 0 Å². The summed E-state index contributed by atoms with van der Waals surface area (Å²) in [5.41, 5.74) is 2.25. The number of amides is 1. The second kappa shape index (κ2) is 8.35. The number of rotatable bonds is 6. The van der Waals surface area contributed by atoms with Gasteiger partial charge < -0.3 is 14.7 Å². The van der Waals surface area contributed by atoms with Crippen LogP contribution >= 0.6 is 15.9 Å². The van der Waals surface area contributed by atoms with Crippen molar-refractivity contribution < 1.29 is 14.2 Å². The molecule has 0 bridgehead atoms. The number of carbonyl (C=O) groups excluding carboxylic acids is 1. The topological polar surface area (TPSA) is 89.6 Å². The second-order valence-corrected chi connectivity index (χ2v) is 7.28. The molecular weight excluding hydrogens is 424 g/mol. The highest BCUT2D eigenvalue weighted by molar-refractivity contribution is 9.10. The third-order valence-corrected chi connectivity index (χ3v) is 4.74. The van der Waals surface area contributed by atoms with E-state index in [0.717, 1.165) is 15.6 Å². The normalized spacial score (nSPS) is 15.8. The molecule has 1 aromatic heterocycles. The lowest BCUT2D eigenvalue weighted by molar-refractivity contribution is -0.115. The van der Waals surface area contributed by atoms with Crippen molar-refractivity contribution in [2.45, 2.75) is 25.5 Å². The first-order chi connectivity index (χ1) is 13.7. The number of aromatic nitrogens is 2. The van der Waals surface area contributed by atoms with Gasteiger partial charge in [0.05, 0.1) is 6.42 Å². The van der Waals surface area contributed by atoms with Crippen LogP contribution in [0.1, 0.15) is 17.9 Å². The fourth-order valence-corrected chi connectivity index (χ4v) is 3.23. The zero-order valence-corrected chi connectivity index (χ0v) is 16.4. The average Bonchev–Trinajstić information content (AvgIpc) is 3.37. The fourth-order valence-electron chi connectivity index (χ4n) is 2.83. The first kappa shape index (κ1) is 18.4. The Hall–Kier alpha value is -3.00. The van der Waals surface area contributed by atoms with E-state index in [1.54, 1.807) is 0 Å². The Morgan fingerprint density at radius 2 is 2.04 bits per heavy atom. The lowest BCUT2D eigenvalue weighted by Crippen LogP contribution is -2.30. The van der Waals surface area contributed by atoms with E-state index in [1.165, 1.54) is 0 Å². The summed E-state index contributed by atoms with van der Waals surface area (Å²) in [7, 11) is 0. The van der Waals surface area contributed by atoms with Crippen molar-refractivity contribution in [1.82, 2.24) is 15.5 Å². The highest BCUT2D eigenvalue weighted by Crippen LogP contribution is 2.22. The molecule has 0 aliphatic carbocycles. The van der Waals surface area contributed by atoms with Crippen molar-refractivity contribution >= 4 is 27.5 Å². The van der Waals surface area contributed by atoms with Crippen LogP contribution < -0.4 is 5.32 Å². The minimum Gasteiger partial charge on any atom is -0.391 e. The Kier molecular flexibility index (Phi) is 5.48. The van der Waals surface area contributed by atoms with Crippen LogP contribution in [0.4, 0.5) is 0 Å². The van der Waals surface area contributed by atoms with Gasteiger partial charge in [-0.05, 0) is 17.7 Å². The third kappa shape index (κ3) is 4.45. The van der Waals surface area contributed by atoms with Gasteiger partial charge in [-0.2, -0.15) is 4.98 Å². The van der Waals surface area contributed by atoms with E-state index in [9.17, 15) is 4.79 Å². The quantitative estimate of drug-likeness (QED) is 0.633. The first-order valence-corrected chi connectivity index (χ1v) is 9.60. The van der Waals surface area contributed by atoms with E-state index in [2.05, 4.69) is 36.5 Å². The van der Waals surface area contributed by atoms with Gasteiger partial charge in [-0.3, -0.25) is 4.79 Å². The molecule has 7 nitrogen and oxygen atoms in total. The maximum Gasteiger partial charge on any atom is 0.269 e. The monoisotopic (exact) mass is 440 g/mol. The van der Waals surface area contributed by atoms with Crippen molar-refractivity contribution in [3.8, 4) is 11.4 Å². The van der Waals surface area contributed by atoms with Gasteiger partial charge in [-0.25, -0.2) is 0 Å². The lowest BCUT2D eigenvalue weighted by Gasteiger charge is -2.05. The molecule has 142 valence electrons. The van der Waals surface area contributed by atoms with Crippen molar-refractivity contribution in [2.75, 3.05) is 0 Å². The summed E-state index contributed by atoms with van der Waals surface area (Å²) in [6.07, 6.45) is 0.489. The number of oxime groups is 1. The van der Waals surface area contributed by atoms with E-state index in [1.807, 2.05) is 54.6 Å². The summed E-state index contributed by atoms with van der Waals surface area (Å²) in [5.74, 6) is 0.726. The Balaban J connectivity index is 1.30. The fraction of sp³-hybridized carbons (Fsp3) is 0.200. The van der Waals surface area contributed by atoms with Gasteiger partial charge in [0.15, 0.2) is 0 Å². The summed E-state index contributed by atoms with van der Waals surface area (Å²) < 4.78 is 6.25. The number of hydrogen-bond donors (Lipinski definition) is 1. The van der Waals surface area contributed by atoms with E-state index < -0.39 is 0 Å². The standard InChI is InChI=1S/C20H17BrN4O3/c21-15-8-4-7-14(9-15)19-23-18(28-25-19)11-16-10-17(24-27-16)20(26)22-12-13-5-2-1-3-6-13/h1-9,16H,10-12H2,(H,22,26)/t16-/m0/s1. The molecule has 0 spiro atoms. The van der Waals surface area contributed by atoms with Gasteiger partial charge in [-0.1, -0.05) is 68.7 Å². The highest BCUT2D eigenvalue weighted by Gasteiger charge is 2.28. The van der Waals surface area contributed by atoms with Crippen molar-refractivity contribution in [3.05, 3.63) is 70.5 Å². The van der Waals surface area contributed by atoms with Gasteiger partial charge in [-0.15, -0.1) is 0 Å². The van der Waals surface area contributed by atoms with Crippen LogP contribution in [0.15, 0.2) is 68.7 Å². The zero-order valence-electron chi connectivity index (χ0n) is 14.8. The molecule has 2 heterocycles. The molecule has 1 aliphatic heterocycles. The molecule has 4 rings (SSSR count). The lowest BCUT2D eigenvalue weighted by atomic mass is 10.1. The number of benzene rings is 2. The molecule has 1 atom stereocenters. The Labute approximate surface area is 169 Å². The third-order valence-electron chi connectivity index (χ3n) is 4.24. The first-order valence-electron chi connectivity index (χ1n) is 8.81. The molecule has 0 saturated carbocycles. The van der Waals surface area contributed by atoms with Crippen LogP contribution in [0, 0.1) is 0 Å². The average molecular weight is 441 g/mol. The Morgan fingerprint density at radius 1 is 1.18 bits per heavy atom. The zero-order chi connectivity index (χ0) is 19.3. The van der Waals surface area contributed by atoms with Crippen molar-refractivity contribution in [3.63, 3.8) is 0 Å². The molecule has 0 fully saturated rings. The Bertz CT molecular complexity index is 1000. The highest BCUT2D eigenvalue weighted by atomic mass is 79.9. The maximum absolute atomic E-state index is 12.3. The van der Waals surface area contributed by atoms with Crippen LogP contribution in [0.2, 0.25) is 0 Å². The van der Waals surface area contributed by atoms with Gasteiger partial charge in [0, 0.05) is 23.0 Å². The molecule has 1 amide bonds. The summed E-state index contributed by atoms with van der Waals surface area (Å²) in [6.45, 7) is 0.447. The van der Waals surface area contributed by atoms with E-state index in [0.29, 0.717) is 36.8 Å². The molecule has 0 unspecified atom stereocenters. The van der Waals surface area contributed by atoms with Gasteiger partial charge in [0.1, 0.15) is 11.8 Å². The largest absolute Gasteiger partial charge is 0.391 e. The number of hydrogen-bond acceptors (Lipinski definition) is 6. The molecule has 1 aliphatic rings. The Morgan fingerprint density at radius 3 is 2.86 bits per heavy atom. The molecule has 8 heteroatoms. The second-order valence-electron chi connectivity index (χ2n) is 6.36. The van der Waals surface area contributed by atoms with Crippen LogP contribution in [-0.4, -0.2) is 27.9 Å². The number of nitrogens with one attached hydrogen (secondary N) is 1. The molecule has 0 radical (unpaired) electrons. The van der Waals surface area contributed by atoms with Crippen molar-refractivity contribution in [2.24, 2.45) is 5.16 Å². The SMILES string of the molecule is O=C(NCc1ccccc1)C1=NO[C@H](Cc2nc(-c3cccc(Br)c3)no2)C1. The minimum atomic E-state index is -0.298. The van der Waals surface area contributed by atoms with Gasteiger partial charge in [0.2, 0.25) is 11.7 Å². The smallest absolute Gasteiger partial charge is 0.269 e. The molecule has 2 aromatic carbocycles. The molecule has 1 N–H and O–H groups in total. The maximum atomic E-state index is 12.3. The van der Waals surface area contributed by atoms with E-state index in [-0.39, 0.29) is 12.0 Å². The van der Waals surface area contributed by atoms with E-state index >= 15 is 0 Å². The summed E-state index contributed by atoms with van der Waals surface area (Å²) >= 11 is 3.43.